The van der Waals surface area contributed by atoms with E-state index in [1.807, 2.05) is 13.0 Å². The lowest BCUT2D eigenvalue weighted by Gasteiger charge is -2.03. The smallest absolute Gasteiger partial charge is 0.192 e. The number of aryl methyl sites for hydroxylation is 1. The summed E-state index contributed by atoms with van der Waals surface area (Å²) < 4.78 is 5.10. The second-order valence-electron chi connectivity index (χ2n) is 3.41. The summed E-state index contributed by atoms with van der Waals surface area (Å²) in [6.07, 6.45) is 2.52. The lowest BCUT2D eigenvalue weighted by Crippen LogP contribution is -2.08. The molecule has 0 aliphatic rings. The first kappa shape index (κ1) is 9.77. The summed E-state index contributed by atoms with van der Waals surface area (Å²) in [4.78, 5) is 15.0. The predicted molar refractivity (Wildman–Crippen MR) is 60.5 cm³/mol. The van der Waals surface area contributed by atoms with Gasteiger partial charge in [-0.1, -0.05) is 6.92 Å². The van der Waals surface area contributed by atoms with Crippen LogP contribution in [0.3, 0.4) is 0 Å². The number of H-pyrrole nitrogens is 1. The van der Waals surface area contributed by atoms with Crippen molar-refractivity contribution in [1.29, 1.82) is 0 Å². The molecule has 0 atom stereocenters. The van der Waals surface area contributed by atoms with Crippen molar-refractivity contribution in [2.45, 2.75) is 13.3 Å². The fourth-order valence-electron chi connectivity index (χ4n) is 1.63. The molecule has 0 bridgehead atoms. The molecule has 0 amide bonds. The van der Waals surface area contributed by atoms with Crippen molar-refractivity contribution < 1.29 is 4.74 Å². The van der Waals surface area contributed by atoms with Crippen LogP contribution in [0.2, 0.25) is 0 Å². The average molecular weight is 203 g/mol. The standard InChI is InChI=1S/C12H13NO2/c1-3-8-7-13-11-6-9(15-2)4-5-10(11)12(8)14/h4-7H,3H2,1-2H3,(H,13,14). The molecule has 0 aliphatic heterocycles. The number of benzene rings is 1. The van der Waals surface area contributed by atoms with Crippen molar-refractivity contribution in [3.63, 3.8) is 0 Å². The number of methoxy groups -OCH3 is 1. The number of hydrogen-bond donors (Lipinski definition) is 1. The van der Waals surface area contributed by atoms with Crippen LogP contribution in [0.15, 0.2) is 29.2 Å². The number of aromatic nitrogens is 1. The number of rotatable bonds is 2. The molecule has 2 rings (SSSR count). The first-order valence-corrected chi connectivity index (χ1v) is 4.94. The Morgan fingerprint density at radius 2 is 2.20 bits per heavy atom. The number of hydrogen-bond acceptors (Lipinski definition) is 2. The maximum Gasteiger partial charge on any atom is 0.192 e. The zero-order valence-corrected chi connectivity index (χ0v) is 8.83. The molecule has 1 N–H and O–H groups in total. The Balaban J connectivity index is 2.74. The van der Waals surface area contributed by atoms with Crippen LogP contribution in [0.5, 0.6) is 5.75 Å². The zero-order chi connectivity index (χ0) is 10.8. The largest absolute Gasteiger partial charge is 0.497 e. The highest BCUT2D eigenvalue weighted by atomic mass is 16.5. The summed E-state index contributed by atoms with van der Waals surface area (Å²) in [6, 6.07) is 5.43. The van der Waals surface area contributed by atoms with Gasteiger partial charge in [0.05, 0.1) is 12.6 Å². The van der Waals surface area contributed by atoms with Crippen molar-refractivity contribution in [3.8, 4) is 5.75 Å². The minimum atomic E-state index is 0.105. The van der Waals surface area contributed by atoms with Crippen molar-refractivity contribution in [2.24, 2.45) is 0 Å². The molecule has 0 unspecified atom stereocenters. The highest BCUT2D eigenvalue weighted by Crippen LogP contribution is 2.16. The van der Waals surface area contributed by atoms with Crippen LogP contribution in [0, 0.1) is 0 Å². The van der Waals surface area contributed by atoms with E-state index in [0.29, 0.717) is 0 Å². The molecule has 0 saturated heterocycles. The second kappa shape index (κ2) is 3.77. The number of fused-ring (bicyclic) bond motifs is 1. The maximum absolute atomic E-state index is 11.9. The predicted octanol–water partition coefficient (Wildman–Crippen LogP) is 2.10. The fourth-order valence-corrected chi connectivity index (χ4v) is 1.63. The monoisotopic (exact) mass is 203 g/mol. The van der Waals surface area contributed by atoms with Crippen molar-refractivity contribution in [2.75, 3.05) is 7.11 Å². The summed E-state index contributed by atoms with van der Waals surface area (Å²) in [5, 5.41) is 0.718. The normalized spacial score (nSPS) is 10.5. The van der Waals surface area contributed by atoms with Crippen LogP contribution in [0.1, 0.15) is 12.5 Å². The van der Waals surface area contributed by atoms with Gasteiger partial charge in [-0.15, -0.1) is 0 Å². The molecule has 78 valence electrons. The Hall–Kier alpha value is -1.77. The van der Waals surface area contributed by atoms with Gasteiger partial charge >= 0.3 is 0 Å². The van der Waals surface area contributed by atoms with E-state index >= 15 is 0 Å². The molecule has 0 saturated carbocycles. The molecular formula is C12H13NO2. The molecule has 0 radical (unpaired) electrons. The molecule has 1 aromatic carbocycles. The van der Waals surface area contributed by atoms with E-state index in [1.54, 1.807) is 25.4 Å². The molecule has 0 fully saturated rings. The van der Waals surface area contributed by atoms with Gasteiger partial charge in [0, 0.05) is 23.2 Å². The van der Waals surface area contributed by atoms with Crippen molar-refractivity contribution in [3.05, 3.63) is 40.2 Å². The van der Waals surface area contributed by atoms with E-state index in [1.165, 1.54) is 0 Å². The first-order chi connectivity index (χ1) is 7.26. The Bertz CT molecular complexity index is 543. The topological polar surface area (TPSA) is 42.1 Å². The Kier molecular flexibility index (Phi) is 2.46. The summed E-state index contributed by atoms with van der Waals surface area (Å²) in [5.74, 6) is 0.752. The van der Waals surface area contributed by atoms with Gasteiger partial charge in [0.1, 0.15) is 5.75 Å². The quantitative estimate of drug-likeness (QED) is 0.812. The Morgan fingerprint density at radius 3 is 2.87 bits per heavy atom. The Labute approximate surface area is 87.7 Å². The van der Waals surface area contributed by atoms with E-state index in [9.17, 15) is 4.79 Å². The first-order valence-electron chi connectivity index (χ1n) is 4.94. The van der Waals surface area contributed by atoms with E-state index < -0.39 is 0 Å². The minimum Gasteiger partial charge on any atom is -0.497 e. The highest BCUT2D eigenvalue weighted by Gasteiger charge is 2.03. The van der Waals surface area contributed by atoms with E-state index in [-0.39, 0.29) is 5.43 Å². The third-order valence-corrected chi connectivity index (χ3v) is 2.55. The molecule has 3 nitrogen and oxygen atoms in total. The van der Waals surface area contributed by atoms with Crippen LogP contribution in [0.25, 0.3) is 10.9 Å². The summed E-state index contributed by atoms with van der Waals surface area (Å²) in [5.41, 5.74) is 1.73. The lowest BCUT2D eigenvalue weighted by atomic mass is 10.1. The number of nitrogens with one attached hydrogen (secondary N) is 1. The van der Waals surface area contributed by atoms with Crippen LogP contribution < -0.4 is 10.2 Å². The maximum atomic E-state index is 11.9. The van der Waals surface area contributed by atoms with E-state index in [0.717, 1.165) is 28.6 Å². The second-order valence-corrected chi connectivity index (χ2v) is 3.41. The molecular weight excluding hydrogens is 190 g/mol. The summed E-state index contributed by atoms with van der Waals surface area (Å²) in [6.45, 7) is 1.97. The van der Waals surface area contributed by atoms with E-state index in [2.05, 4.69) is 4.98 Å². The molecule has 15 heavy (non-hydrogen) atoms. The van der Waals surface area contributed by atoms with Gasteiger partial charge in [-0.2, -0.15) is 0 Å². The van der Waals surface area contributed by atoms with Crippen LogP contribution in [-0.4, -0.2) is 12.1 Å². The van der Waals surface area contributed by atoms with Crippen molar-refractivity contribution >= 4 is 10.9 Å². The lowest BCUT2D eigenvalue weighted by molar-refractivity contribution is 0.415. The highest BCUT2D eigenvalue weighted by molar-refractivity contribution is 5.80. The average Bonchev–Trinajstić information content (AvgIpc) is 2.29. The van der Waals surface area contributed by atoms with Gasteiger partial charge in [-0.25, -0.2) is 0 Å². The molecule has 1 aromatic heterocycles. The van der Waals surface area contributed by atoms with Gasteiger partial charge in [0.2, 0.25) is 0 Å². The summed E-state index contributed by atoms with van der Waals surface area (Å²) in [7, 11) is 1.61. The molecule has 3 heteroatoms. The summed E-state index contributed by atoms with van der Waals surface area (Å²) >= 11 is 0. The number of aromatic amines is 1. The van der Waals surface area contributed by atoms with Gasteiger partial charge in [-0.05, 0) is 18.6 Å². The molecule has 0 aliphatic carbocycles. The fraction of sp³-hybridized carbons (Fsp3) is 0.250. The SMILES string of the molecule is CCc1c[nH]c2cc(OC)ccc2c1=O. The molecule has 1 heterocycles. The minimum absolute atomic E-state index is 0.105. The molecule has 2 aromatic rings. The zero-order valence-electron chi connectivity index (χ0n) is 8.83. The van der Waals surface area contributed by atoms with Crippen LogP contribution in [0.4, 0.5) is 0 Å². The van der Waals surface area contributed by atoms with Gasteiger partial charge in [0.25, 0.3) is 0 Å². The molecule has 0 spiro atoms. The van der Waals surface area contributed by atoms with Crippen LogP contribution >= 0.6 is 0 Å². The van der Waals surface area contributed by atoms with Gasteiger partial charge < -0.3 is 9.72 Å². The number of pyridine rings is 1. The third kappa shape index (κ3) is 1.61. The third-order valence-electron chi connectivity index (χ3n) is 2.55. The van der Waals surface area contributed by atoms with Crippen molar-refractivity contribution in [1.82, 2.24) is 4.98 Å². The number of ether oxygens (including phenoxy) is 1. The van der Waals surface area contributed by atoms with Crippen LogP contribution in [-0.2, 0) is 6.42 Å². The van der Waals surface area contributed by atoms with Gasteiger partial charge in [0.15, 0.2) is 5.43 Å². The van der Waals surface area contributed by atoms with Gasteiger partial charge in [-0.3, -0.25) is 4.79 Å². The Morgan fingerprint density at radius 1 is 1.40 bits per heavy atom. The van der Waals surface area contributed by atoms with E-state index in [4.69, 9.17) is 4.74 Å².